The predicted molar refractivity (Wildman–Crippen MR) is 63.7 cm³/mol. The monoisotopic (exact) mass is 233 g/mol. The Kier molecular flexibility index (Phi) is 3.26. The van der Waals surface area contributed by atoms with Gasteiger partial charge in [0.15, 0.2) is 5.13 Å². The summed E-state index contributed by atoms with van der Waals surface area (Å²) in [6.45, 7) is 2.05. The smallest absolute Gasteiger partial charge is 0.276 e. The van der Waals surface area contributed by atoms with E-state index in [1.807, 2.05) is 0 Å². The van der Waals surface area contributed by atoms with E-state index in [4.69, 9.17) is 0 Å². The van der Waals surface area contributed by atoms with Gasteiger partial charge in [-0.3, -0.25) is 15.1 Å². The summed E-state index contributed by atoms with van der Waals surface area (Å²) in [6.07, 6.45) is 4.30. The Morgan fingerprint density at radius 2 is 2.31 bits per heavy atom. The van der Waals surface area contributed by atoms with Gasteiger partial charge in [-0.05, 0) is 18.6 Å². The van der Waals surface area contributed by atoms with Crippen molar-refractivity contribution < 1.29 is 4.79 Å². The normalized spacial score (nSPS) is 10.1. The van der Waals surface area contributed by atoms with Gasteiger partial charge in [-0.15, -0.1) is 11.3 Å². The van der Waals surface area contributed by atoms with Crippen molar-refractivity contribution in [1.29, 1.82) is 0 Å². The first kappa shape index (κ1) is 10.8. The fourth-order valence-corrected chi connectivity index (χ4v) is 1.93. The van der Waals surface area contributed by atoms with E-state index < -0.39 is 0 Å². The summed E-state index contributed by atoms with van der Waals surface area (Å²) in [4.78, 5) is 20.9. The average molecular weight is 233 g/mol. The van der Waals surface area contributed by atoms with Crippen LogP contribution in [0, 0.1) is 0 Å². The summed E-state index contributed by atoms with van der Waals surface area (Å²) in [5.74, 6) is -0.224. The van der Waals surface area contributed by atoms with Gasteiger partial charge in [0.1, 0.15) is 5.69 Å². The number of hydrogen-bond acceptors (Lipinski definition) is 4. The molecule has 0 atom stereocenters. The summed E-state index contributed by atoms with van der Waals surface area (Å²) in [5, 5.41) is 3.34. The number of anilines is 1. The molecule has 2 rings (SSSR count). The van der Waals surface area contributed by atoms with Crippen molar-refractivity contribution in [3.63, 3.8) is 0 Å². The van der Waals surface area contributed by atoms with Crippen molar-refractivity contribution in [3.05, 3.63) is 41.2 Å². The van der Waals surface area contributed by atoms with Crippen LogP contribution >= 0.6 is 11.3 Å². The molecule has 82 valence electrons. The molecule has 0 saturated carbocycles. The highest BCUT2D eigenvalue weighted by atomic mass is 32.1. The van der Waals surface area contributed by atoms with Crippen molar-refractivity contribution in [2.75, 3.05) is 5.32 Å². The summed E-state index contributed by atoms with van der Waals surface area (Å²) in [7, 11) is 0. The number of aryl methyl sites for hydroxylation is 1. The molecule has 2 aromatic rings. The van der Waals surface area contributed by atoms with Gasteiger partial charge in [0, 0.05) is 17.3 Å². The van der Waals surface area contributed by atoms with Gasteiger partial charge in [0.2, 0.25) is 0 Å². The third-order valence-electron chi connectivity index (χ3n) is 2.02. The van der Waals surface area contributed by atoms with Crippen molar-refractivity contribution in [2.45, 2.75) is 13.3 Å². The number of carbonyl (C=O) groups excluding carboxylic acids is 1. The fourth-order valence-electron chi connectivity index (χ4n) is 1.19. The van der Waals surface area contributed by atoms with E-state index in [2.05, 4.69) is 22.2 Å². The third-order valence-corrected chi connectivity index (χ3v) is 3.08. The Morgan fingerprint density at radius 3 is 2.94 bits per heavy atom. The van der Waals surface area contributed by atoms with Crippen LogP contribution in [0.25, 0.3) is 0 Å². The van der Waals surface area contributed by atoms with Crippen molar-refractivity contribution in [3.8, 4) is 0 Å². The van der Waals surface area contributed by atoms with Crippen LogP contribution in [-0.2, 0) is 6.42 Å². The van der Waals surface area contributed by atoms with Gasteiger partial charge < -0.3 is 0 Å². The van der Waals surface area contributed by atoms with Gasteiger partial charge >= 0.3 is 0 Å². The third kappa shape index (κ3) is 2.43. The van der Waals surface area contributed by atoms with E-state index in [1.165, 1.54) is 11.3 Å². The minimum Gasteiger partial charge on any atom is -0.296 e. The molecule has 0 aromatic carbocycles. The zero-order valence-electron chi connectivity index (χ0n) is 8.80. The summed E-state index contributed by atoms with van der Waals surface area (Å²) in [5.41, 5.74) is 0.399. The lowest BCUT2D eigenvalue weighted by Crippen LogP contribution is -2.12. The number of carbonyl (C=O) groups is 1. The first-order chi connectivity index (χ1) is 7.79. The highest BCUT2D eigenvalue weighted by Crippen LogP contribution is 2.18. The Hall–Kier alpha value is -1.75. The van der Waals surface area contributed by atoms with Crippen LogP contribution in [0.4, 0.5) is 5.13 Å². The van der Waals surface area contributed by atoms with Gasteiger partial charge in [0.25, 0.3) is 5.91 Å². The first-order valence-electron chi connectivity index (χ1n) is 4.96. The molecule has 0 spiro atoms. The lowest BCUT2D eigenvalue weighted by Gasteiger charge is -1.99. The van der Waals surface area contributed by atoms with Crippen LogP contribution in [0.2, 0.25) is 0 Å². The molecule has 0 bridgehead atoms. The van der Waals surface area contributed by atoms with E-state index in [0.717, 1.165) is 11.3 Å². The summed E-state index contributed by atoms with van der Waals surface area (Å²) >= 11 is 1.49. The topological polar surface area (TPSA) is 54.9 Å². The maximum absolute atomic E-state index is 11.7. The highest BCUT2D eigenvalue weighted by molar-refractivity contribution is 7.15. The minimum absolute atomic E-state index is 0.224. The number of hydrogen-bond donors (Lipinski definition) is 1. The molecule has 16 heavy (non-hydrogen) atoms. The largest absolute Gasteiger partial charge is 0.296 e. The Bertz CT molecular complexity index is 481. The predicted octanol–water partition coefficient (Wildman–Crippen LogP) is 2.35. The molecule has 0 fully saturated rings. The number of pyridine rings is 1. The Balaban J connectivity index is 2.08. The number of thiazole rings is 1. The zero-order valence-corrected chi connectivity index (χ0v) is 9.62. The standard InChI is InChI=1S/C11H11N3OS/c1-2-8-7-13-11(16-8)14-10(15)9-5-3-4-6-12-9/h3-7H,2H2,1H3,(H,13,14,15). The van der Waals surface area contributed by atoms with E-state index in [9.17, 15) is 4.79 Å². The van der Waals surface area contributed by atoms with Crippen LogP contribution in [0.3, 0.4) is 0 Å². The molecular formula is C11H11N3OS. The Morgan fingerprint density at radius 1 is 1.44 bits per heavy atom. The lowest BCUT2D eigenvalue weighted by atomic mass is 10.3. The number of aromatic nitrogens is 2. The fraction of sp³-hybridized carbons (Fsp3) is 0.182. The minimum atomic E-state index is -0.224. The molecule has 0 unspecified atom stereocenters. The van der Waals surface area contributed by atoms with Gasteiger partial charge in [-0.2, -0.15) is 0 Å². The summed E-state index contributed by atoms with van der Waals surface area (Å²) < 4.78 is 0. The second kappa shape index (κ2) is 4.85. The van der Waals surface area contributed by atoms with Crippen molar-refractivity contribution in [2.24, 2.45) is 0 Å². The molecule has 5 heteroatoms. The number of rotatable bonds is 3. The van der Waals surface area contributed by atoms with Crippen molar-refractivity contribution >= 4 is 22.4 Å². The second-order valence-electron chi connectivity index (χ2n) is 3.15. The molecule has 0 aliphatic rings. The van der Waals surface area contributed by atoms with E-state index in [0.29, 0.717) is 10.8 Å². The molecule has 1 amide bonds. The molecule has 0 saturated heterocycles. The maximum atomic E-state index is 11.7. The first-order valence-corrected chi connectivity index (χ1v) is 5.78. The Labute approximate surface area is 97.4 Å². The maximum Gasteiger partial charge on any atom is 0.276 e. The van der Waals surface area contributed by atoms with E-state index in [-0.39, 0.29) is 5.91 Å². The van der Waals surface area contributed by atoms with Crippen molar-refractivity contribution in [1.82, 2.24) is 9.97 Å². The molecule has 0 aliphatic heterocycles. The average Bonchev–Trinajstić information content (AvgIpc) is 2.78. The van der Waals surface area contributed by atoms with Crippen LogP contribution in [-0.4, -0.2) is 15.9 Å². The zero-order chi connectivity index (χ0) is 11.4. The van der Waals surface area contributed by atoms with Crippen LogP contribution in [0.15, 0.2) is 30.6 Å². The van der Waals surface area contributed by atoms with Crippen LogP contribution in [0.5, 0.6) is 0 Å². The lowest BCUT2D eigenvalue weighted by molar-refractivity contribution is 0.102. The molecule has 0 radical (unpaired) electrons. The van der Waals surface area contributed by atoms with Crippen LogP contribution in [0.1, 0.15) is 22.3 Å². The molecule has 4 nitrogen and oxygen atoms in total. The number of nitrogens with one attached hydrogen (secondary N) is 1. The van der Waals surface area contributed by atoms with E-state index in [1.54, 1.807) is 30.6 Å². The van der Waals surface area contributed by atoms with Crippen LogP contribution < -0.4 is 5.32 Å². The molecule has 0 aliphatic carbocycles. The SMILES string of the molecule is CCc1cnc(NC(=O)c2ccccn2)s1. The van der Waals surface area contributed by atoms with Gasteiger partial charge in [-0.1, -0.05) is 13.0 Å². The van der Waals surface area contributed by atoms with Gasteiger partial charge in [-0.25, -0.2) is 4.98 Å². The molecule has 2 heterocycles. The quantitative estimate of drug-likeness (QED) is 0.885. The number of amides is 1. The molecule has 2 aromatic heterocycles. The molecule has 1 N–H and O–H groups in total. The van der Waals surface area contributed by atoms with Gasteiger partial charge in [0.05, 0.1) is 0 Å². The van der Waals surface area contributed by atoms with E-state index >= 15 is 0 Å². The molecular weight excluding hydrogens is 222 g/mol. The number of nitrogens with zero attached hydrogens (tertiary/aromatic N) is 2. The summed E-state index contributed by atoms with van der Waals surface area (Å²) in [6, 6.07) is 5.22. The highest BCUT2D eigenvalue weighted by Gasteiger charge is 2.08. The second-order valence-corrected chi connectivity index (χ2v) is 4.27.